The van der Waals surface area contributed by atoms with Crippen LogP contribution in [0.1, 0.15) is 22.7 Å². The molecule has 1 aromatic heterocycles. The Kier molecular flexibility index (Phi) is 4.11. The molecule has 0 amide bonds. The summed E-state index contributed by atoms with van der Waals surface area (Å²) in [5.41, 5.74) is 0. The van der Waals surface area contributed by atoms with Gasteiger partial charge in [-0.25, -0.2) is 4.98 Å². The van der Waals surface area contributed by atoms with Gasteiger partial charge in [-0.2, -0.15) is 0 Å². The van der Waals surface area contributed by atoms with Crippen molar-refractivity contribution in [3.05, 3.63) is 16.1 Å². The third kappa shape index (κ3) is 3.26. The molecule has 2 heterocycles. The molecule has 3 nitrogen and oxygen atoms in total. The van der Waals surface area contributed by atoms with Crippen molar-refractivity contribution in [1.29, 1.82) is 0 Å². The average Bonchev–Trinajstić information content (AvgIpc) is 2.68. The Morgan fingerprint density at radius 1 is 1.67 bits per heavy atom. The second-order valence-corrected chi connectivity index (χ2v) is 5.37. The van der Waals surface area contributed by atoms with E-state index in [9.17, 15) is 0 Å². The Bertz CT molecular complexity index is 292. The third-order valence-electron chi connectivity index (χ3n) is 2.81. The maximum Gasteiger partial charge on any atom is 0.0931 e. The normalized spacial score (nSPS) is 21.8. The molecule has 15 heavy (non-hydrogen) atoms. The Balaban J connectivity index is 1.86. The zero-order chi connectivity index (χ0) is 10.5. The van der Waals surface area contributed by atoms with Crippen molar-refractivity contribution in [2.24, 2.45) is 5.92 Å². The van der Waals surface area contributed by atoms with Gasteiger partial charge in [-0.1, -0.05) is 0 Å². The first-order valence-corrected chi connectivity index (χ1v) is 6.49. The van der Waals surface area contributed by atoms with Gasteiger partial charge in [0.1, 0.15) is 0 Å². The van der Waals surface area contributed by atoms with Crippen LogP contribution in [0.4, 0.5) is 0 Å². The molecule has 0 aromatic carbocycles. The van der Waals surface area contributed by atoms with Gasteiger partial charge in [0.2, 0.25) is 0 Å². The topological polar surface area (TPSA) is 37.0 Å². The Morgan fingerprint density at radius 2 is 2.60 bits per heavy atom. The molecule has 1 saturated heterocycles. The molecule has 1 fully saturated rings. The van der Waals surface area contributed by atoms with Crippen molar-refractivity contribution < 1.29 is 0 Å². The monoisotopic (exact) mass is 225 g/mol. The molecule has 1 aromatic rings. The van der Waals surface area contributed by atoms with E-state index >= 15 is 0 Å². The lowest BCUT2D eigenvalue weighted by Gasteiger charge is -2.21. The summed E-state index contributed by atoms with van der Waals surface area (Å²) in [5, 5.41) is 7.91. The minimum atomic E-state index is 0.798. The fourth-order valence-electron chi connectivity index (χ4n) is 2.04. The van der Waals surface area contributed by atoms with Crippen LogP contribution in [0.5, 0.6) is 0 Å². The molecule has 2 N–H and O–H groups in total. The van der Waals surface area contributed by atoms with Gasteiger partial charge in [-0.3, -0.25) is 0 Å². The lowest BCUT2D eigenvalue weighted by molar-refractivity contribution is 0.376. The first kappa shape index (κ1) is 11.0. The second-order valence-electron chi connectivity index (χ2n) is 4.17. The van der Waals surface area contributed by atoms with E-state index < -0.39 is 0 Å². The van der Waals surface area contributed by atoms with Gasteiger partial charge in [-0.15, -0.1) is 11.3 Å². The summed E-state index contributed by atoms with van der Waals surface area (Å²) in [7, 11) is 1.98. The van der Waals surface area contributed by atoms with Gasteiger partial charge >= 0.3 is 0 Å². The molecular formula is C11H19N3S. The van der Waals surface area contributed by atoms with Crippen LogP contribution < -0.4 is 10.6 Å². The van der Waals surface area contributed by atoms with Crippen molar-refractivity contribution >= 4 is 11.3 Å². The highest BCUT2D eigenvalue weighted by Gasteiger charge is 2.15. The largest absolute Gasteiger partial charge is 0.316 e. The van der Waals surface area contributed by atoms with Crippen LogP contribution in [-0.2, 0) is 13.0 Å². The van der Waals surface area contributed by atoms with Crippen molar-refractivity contribution in [3.8, 4) is 0 Å². The highest BCUT2D eigenvalue weighted by atomic mass is 32.1. The van der Waals surface area contributed by atoms with Crippen molar-refractivity contribution in [3.63, 3.8) is 0 Å². The summed E-state index contributed by atoms with van der Waals surface area (Å²) in [4.78, 5) is 5.82. The van der Waals surface area contributed by atoms with E-state index in [0.717, 1.165) is 18.9 Å². The molecule has 1 aliphatic rings. The number of piperidine rings is 1. The minimum Gasteiger partial charge on any atom is -0.316 e. The van der Waals surface area contributed by atoms with E-state index in [1.54, 1.807) is 0 Å². The number of hydrogen-bond acceptors (Lipinski definition) is 4. The molecule has 0 spiro atoms. The lowest BCUT2D eigenvalue weighted by Crippen LogP contribution is -2.30. The third-order valence-corrected chi connectivity index (χ3v) is 3.83. The van der Waals surface area contributed by atoms with Gasteiger partial charge in [0.15, 0.2) is 0 Å². The Labute approximate surface area is 95.3 Å². The van der Waals surface area contributed by atoms with Crippen LogP contribution in [-0.4, -0.2) is 25.1 Å². The van der Waals surface area contributed by atoms with Gasteiger partial charge in [0.05, 0.1) is 5.01 Å². The van der Waals surface area contributed by atoms with E-state index in [0.29, 0.717) is 0 Å². The van der Waals surface area contributed by atoms with Crippen LogP contribution in [0.2, 0.25) is 0 Å². The molecule has 1 atom stereocenters. The van der Waals surface area contributed by atoms with Gasteiger partial charge in [0.25, 0.3) is 0 Å². The summed E-state index contributed by atoms with van der Waals surface area (Å²) < 4.78 is 0. The number of aromatic nitrogens is 1. The zero-order valence-corrected chi connectivity index (χ0v) is 10.1. The van der Waals surface area contributed by atoms with Crippen LogP contribution in [0.15, 0.2) is 6.20 Å². The predicted molar refractivity (Wildman–Crippen MR) is 64.2 cm³/mol. The van der Waals surface area contributed by atoms with E-state index in [4.69, 9.17) is 0 Å². The number of thiazole rings is 1. The number of nitrogens with zero attached hydrogens (tertiary/aromatic N) is 1. The maximum atomic E-state index is 4.48. The summed E-state index contributed by atoms with van der Waals surface area (Å²) in [6, 6.07) is 0. The minimum absolute atomic E-state index is 0.798. The number of rotatable bonds is 4. The first-order chi connectivity index (χ1) is 7.38. The molecule has 1 unspecified atom stereocenters. The Morgan fingerprint density at radius 3 is 3.33 bits per heavy atom. The van der Waals surface area contributed by atoms with Crippen LogP contribution >= 0.6 is 11.3 Å². The fraction of sp³-hybridized carbons (Fsp3) is 0.727. The standard InChI is InChI=1S/C11H19N3S/c1-12-7-10-8-14-11(15-10)5-9-3-2-4-13-6-9/h8-9,12-13H,2-7H2,1H3. The average molecular weight is 225 g/mol. The van der Waals surface area contributed by atoms with E-state index in [1.807, 2.05) is 24.6 Å². The number of hydrogen-bond donors (Lipinski definition) is 2. The van der Waals surface area contributed by atoms with Crippen LogP contribution in [0, 0.1) is 5.92 Å². The molecular weight excluding hydrogens is 206 g/mol. The predicted octanol–water partition coefficient (Wildman–Crippen LogP) is 1.40. The summed E-state index contributed by atoms with van der Waals surface area (Å²) in [6.07, 6.45) is 5.83. The molecule has 1 aliphatic heterocycles. The zero-order valence-electron chi connectivity index (χ0n) is 9.25. The van der Waals surface area contributed by atoms with Gasteiger partial charge in [-0.05, 0) is 38.9 Å². The Hall–Kier alpha value is -0.450. The van der Waals surface area contributed by atoms with E-state index in [-0.39, 0.29) is 0 Å². The summed E-state index contributed by atoms with van der Waals surface area (Å²) in [6.45, 7) is 3.31. The molecule has 4 heteroatoms. The van der Waals surface area contributed by atoms with Crippen molar-refractivity contribution in [1.82, 2.24) is 15.6 Å². The maximum absolute atomic E-state index is 4.48. The summed E-state index contributed by atoms with van der Waals surface area (Å²) >= 11 is 1.85. The second kappa shape index (κ2) is 5.58. The van der Waals surface area contributed by atoms with Gasteiger partial charge in [0, 0.05) is 24.0 Å². The fourth-order valence-corrected chi connectivity index (χ4v) is 3.09. The molecule has 0 bridgehead atoms. The van der Waals surface area contributed by atoms with E-state index in [2.05, 4.69) is 15.6 Å². The molecule has 0 aliphatic carbocycles. The molecule has 84 valence electrons. The first-order valence-electron chi connectivity index (χ1n) is 5.67. The van der Waals surface area contributed by atoms with Crippen LogP contribution in [0.3, 0.4) is 0 Å². The summed E-state index contributed by atoms with van der Waals surface area (Å²) in [5.74, 6) is 0.798. The molecule has 0 radical (unpaired) electrons. The van der Waals surface area contributed by atoms with Crippen molar-refractivity contribution in [2.75, 3.05) is 20.1 Å². The highest BCUT2D eigenvalue weighted by Crippen LogP contribution is 2.20. The number of nitrogens with one attached hydrogen (secondary N) is 2. The van der Waals surface area contributed by atoms with E-state index in [1.165, 1.54) is 35.8 Å². The molecule has 2 rings (SSSR count). The quantitative estimate of drug-likeness (QED) is 0.813. The lowest BCUT2D eigenvalue weighted by atomic mass is 9.97. The van der Waals surface area contributed by atoms with Gasteiger partial charge < -0.3 is 10.6 Å². The highest BCUT2D eigenvalue weighted by molar-refractivity contribution is 7.11. The van der Waals surface area contributed by atoms with Crippen molar-refractivity contribution in [2.45, 2.75) is 25.8 Å². The smallest absolute Gasteiger partial charge is 0.0931 e. The van der Waals surface area contributed by atoms with Crippen LogP contribution in [0.25, 0.3) is 0 Å². The molecule has 0 saturated carbocycles. The SMILES string of the molecule is CNCc1cnc(CC2CCCNC2)s1.